The minimum absolute atomic E-state index is 0.0630. The molecule has 0 saturated heterocycles. The number of para-hydroxylation sites is 2. The number of hydrogen-bond acceptors (Lipinski definition) is 3. The van der Waals surface area contributed by atoms with Crippen molar-refractivity contribution in [2.45, 2.75) is 26.1 Å². The Morgan fingerprint density at radius 2 is 1.81 bits per heavy atom. The van der Waals surface area contributed by atoms with Gasteiger partial charge in [0.05, 0.1) is 17.4 Å². The molecular weight excluding hydrogens is 340 g/mol. The normalized spacial score (nSPS) is 16.9. The molecule has 5 rings (SSSR count). The minimum atomic E-state index is -0.566. The maximum atomic E-state index is 13.0. The van der Waals surface area contributed by atoms with Gasteiger partial charge in [0.25, 0.3) is 5.56 Å². The smallest absolute Gasteiger partial charge is 0.262 e. The lowest BCUT2D eigenvalue weighted by Crippen LogP contribution is -2.46. The molecule has 0 fully saturated rings. The highest BCUT2D eigenvalue weighted by atomic mass is 16.2. The third-order valence-electron chi connectivity index (χ3n) is 5.31. The van der Waals surface area contributed by atoms with Crippen LogP contribution in [0.4, 0.5) is 0 Å². The molecule has 1 atom stereocenters. The summed E-state index contributed by atoms with van der Waals surface area (Å²) in [5.74, 6) is 0.567. The van der Waals surface area contributed by atoms with Crippen molar-refractivity contribution < 1.29 is 4.79 Å². The van der Waals surface area contributed by atoms with Crippen molar-refractivity contribution in [2.24, 2.45) is 0 Å². The Morgan fingerprint density at radius 3 is 2.67 bits per heavy atom. The van der Waals surface area contributed by atoms with Crippen LogP contribution in [0.25, 0.3) is 21.8 Å². The Balaban J connectivity index is 1.58. The van der Waals surface area contributed by atoms with Crippen molar-refractivity contribution in [1.82, 2.24) is 19.4 Å². The average Bonchev–Trinajstić information content (AvgIpc) is 3.09. The largest absolute Gasteiger partial charge is 0.361 e. The quantitative estimate of drug-likeness (QED) is 0.599. The Morgan fingerprint density at radius 1 is 1.07 bits per heavy atom. The molecule has 0 spiro atoms. The van der Waals surface area contributed by atoms with Gasteiger partial charge in [-0.05, 0) is 30.7 Å². The molecule has 0 radical (unpaired) electrons. The molecular formula is C21H18N4O2. The summed E-state index contributed by atoms with van der Waals surface area (Å²) in [7, 11) is 0. The third-order valence-corrected chi connectivity index (χ3v) is 5.31. The second kappa shape index (κ2) is 5.81. The maximum absolute atomic E-state index is 13.0. The van der Waals surface area contributed by atoms with Crippen LogP contribution in [-0.4, -0.2) is 25.3 Å². The van der Waals surface area contributed by atoms with Crippen molar-refractivity contribution in [3.05, 3.63) is 76.5 Å². The highest BCUT2D eigenvalue weighted by Gasteiger charge is 2.32. The fourth-order valence-corrected chi connectivity index (χ4v) is 3.93. The van der Waals surface area contributed by atoms with Gasteiger partial charge in [-0.15, -0.1) is 0 Å². The van der Waals surface area contributed by atoms with E-state index in [-0.39, 0.29) is 11.5 Å². The Kier molecular flexibility index (Phi) is 3.40. The van der Waals surface area contributed by atoms with Crippen molar-refractivity contribution in [3.8, 4) is 0 Å². The highest BCUT2D eigenvalue weighted by molar-refractivity contribution is 5.85. The molecule has 1 amide bonds. The molecule has 1 aliphatic heterocycles. The lowest BCUT2D eigenvalue weighted by Gasteiger charge is -2.33. The van der Waals surface area contributed by atoms with Crippen LogP contribution in [0.3, 0.4) is 0 Å². The van der Waals surface area contributed by atoms with Crippen LogP contribution in [0.15, 0.2) is 59.5 Å². The van der Waals surface area contributed by atoms with E-state index in [2.05, 4.69) is 9.97 Å². The van der Waals surface area contributed by atoms with Crippen LogP contribution in [0.1, 0.15) is 24.4 Å². The molecule has 6 heteroatoms. The number of carbonyl (C=O) groups is 1. The summed E-state index contributed by atoms with van der Waals surface area (Å²) in [6.07, 6.45) is 1.94. The molecule has 2 aromatic heterocycles. The lowest BCUT2D eigenvalue weighted by molar-refractivity contribution is -0.137. The molecule has 2 aromatic carbocycles. The predicted molar refractivity (Wildman–Crippen MR) is 103 cm³/mol. The van der Waals surface area contributed by atoms with Crippen LogP contribution >= 0.6 is 0 Å². The van der Waals surface area contributed by atoms with Crippen LogP contribution in [-0.2, 0) is 17.9 Å². The summed E-state index contributed by atoms with van der Waals surface area (Å²) in [5, 5.41) is 1.65. The van der Waals surface area contributed by atoms with E-state index in [0.717, 1.165) is 16.5 Å². The summed E-state index contributed by atoms with van der Waals surface area (Å²) < 4.78 is 1.54. The average molecular weight is 358 g/mol. The van der Waals surface area contributed by atoms with E-state index in [0.29, 0.717) is 29.8 Å². The minimum Gasteiger partial charge on any atom is -0.361 e. The highest BCUT2D eigenvalue weighted by Crippen LogP contribution is 2.25. The van der Waals surface area contributed by atoms with Gasteiger partial charge in [-0.25, -0.2) is 4.98 Å². The summed E-state index contributed by atoms with van der Waals surface area (Å²) in [6.45, 7) is 2.57. The van der Waals surface area contributed by atoms with Crippen molar-refractivity contribution in [1.29, 1.82) is 0 Å². The van der Waals surface area contributed by atoms with Gasteiger partial charge in [-0.2, -0.15) is 0 Å². The number of rotatable bonds is 2. The van der Waals surface area contributed by atoms with E-state index in [1.54, 1.807) is 17.9 Å². The van der Waals surface area contributed by atoms with Crippen molar-refractivity contribution >= 4 is 27.7 Å². The number of aromatic nitrogens is 3. The molecule has 1 aliphatic rings. The maximum Gasteiger partial charge on any atom is 0.262 e. The van der Waals surface area contributed by atoms with E-state index < -0.39 is 6.04 Å². The zero-order chi connectivity index (χ0) is 18.5. The molecule has 1 N–H and O–H groups in total. The molecule has 4 aromatic rings. The standard InChI is InChI=1S/C21H18N4O2/c1-13-20(26)24(11-14-10-22-17-8-4-2-6-15(14)17)12-19-23-18-9-5-3-7-16(18)21(27)25(13)19/h2-10,13,22H,11-12H2,1H3/t13-/m1/s1. The molecule has 0 unspecified atom stereocenters. The van der Waals surface area contributed by atoms with Crippen molar-refractivity contribution in [2.75, 3.05) is 0 Å². The SMILES string of the molecule is C[C@@H]1C(=O)N(Cc2c[nH]c3ccccc23)Cc2nc3ccccc3c(=O)n21. The monoisotopic (exact) mass is 358 g/mol. The van der Waals surface area contributed by atoms with E-state index in [4.69, 9.17) is 0 Å². The molecule has 0 bridgehead atoms. The number of amides is 1. The Labute approximate surface area is 155 Å². The third kappa shape index (κ3) is 2.37. The van der Waals surface area contributed by atoms with Gasteiger partial charge >= 0.3 is 0 Å². The Hall–Kier alpha value is -3.41. The molecule has 3 heterocycles. The van der Waals surface area contributed by atoms with Gasteiger partial charge in [0, 0.05) is 23.6 Å². The van der Waals surface area contributed by atoms with E-state index in [1.165, 1.54) is 4.57 Å². The molecule has 0 saturated carbocycles. The lowest BCUT2D eigenvalue weighted by atomic mass is 10.1. The van der Waals surface area contributed by atoms with Gasteiger partial charge in [0.15, 0.2) is 0 Å². The second-order valence-electron chi connectivity index (χ2n) is 6.95. The summed E-state index contributed by atoms with van der Waals surface area (Å²) in [5.41, 5.74) is 2.62. The molecule has 0 aliphatic carbocycles. The number of fused-ring (bicyclic) bond motifs is 3. The number of nitrogens with zero attached hydrogens (tertiary/aromatic N) is 3. The van der Waals surface area contributed by atoms with Gasteiger partial charge in [0.2, 0.25) is 5.91 Å². The number of nitrogens with one attached hydrogen (secondary N) is 1. The summed E-state index contributed by atoms with van der Waals surface area (Å²) >= 11 is 0. The van der Waals surface area contributed by atoms with Crippen LogP contribution in [0.2, 0.25) is 0 Å². The first-order chi connectivity index (χ1) is 13.1. The molecule has 134 valence electrons. The second-order valence-corrected chi connectivity index (χ2v) is 6.95. The number of hydrogen-bond donors (Lipinski definition) is 1. The number of H-pyrrole nitrogens is 1. The van der Waals surface area contributed by atoms with Gasteiger partial charge in [0.1, 0.15) is 11.9 Å². The van der Waals surface area contributed by atoms with Crippen LogP contribution < -0.4 is 5.56 Å². The fourth-order valence-electron chi connectivity index (χ4n) is 3.93. The van der Waals surface area contributed by atoms with E-state index >= 15 is 0 Å². The van der Waals surface area contributed by atoms with Gasteiger partial charge in [-0.3, -0.25) is 14.2 Å². The first kappa shape index (κ1) is 15.8. The van der Waals surface area contributed by atoms with Crippen LogP contribution in [0, 0.1) is 0 Å². The van der Waals surface area contributed by atoms with Crippen LogP contribution in [0.5, 0.6) is 0 Å². The number of benzene rings is 2. The number of aromatic amines is 1. The number of carbonyl (C=O) groups excluding carboxylic acids is 1. The molecule has 27 heavy (non-hydrogen) atoms. The topological polar surface area (TPSA) is 71.0 Å². The first-order valence-corrected chi connectivity index (χ1v) is 8.97. The summed E-state index contributed by atoms with van der Waals surface area (Å²) in [6, 6.07) is 14.7. The summed E-state index contributed by atoms with van der Waals surface area (Å²) in [4.78, 5) is 35.5. The van der Waals surface area contributed by atoms with E-state index in [1.807, 2.05) is 48.7 Å². The first-order valence-electron chi connectivity index (χ1n) is 8.97. The van der Waals surface area contributed by atoms with Gasteiger partial charge in [-0.1, -0.05) is 30.3 Å². The van der Waals surface area contributed by atoms with Crippen molar-refractivity contribution in [3.63, 3.8) is 0 Å². The zero-order valence-electron chi connectivity index (χ0n) is 14.8. The fraction of sp³-hybridized carbons (Fsp3) is 0.190. The predicted octanol–water partition coefficient (Wildman–Crippen LogP) is 2.98. The van der Waals surface area contributed by atoms with E-state index in [9.17, 15) is 9.59 Å². The zero-order valence-corrected chi connectivity index (χ0v) is 14.8. The Bertz CT molecular complexity index is 1250. The molecule has 6 nitrogen and oxygen atoms in total. The van der Waals surface area contributed by atoms with Gasteiger partial charge < -0.3 is 9.88 Å².